The minimum atomic E-state index is -0.860. The molecule has 5 N–H and O–H groups in total. The molecule has 242 valence electrons. The molecule has 0 saturated heterocycles. The molecular formula is C36H43N5O5. The van der Waals surface area contributed by atoms with Gasteiger partial charge in [0.15, 0.2) is 0 Å². The van der Waals surface area contributed by atoms with Crippen LogP contribution in [0.1, 0.15) is 69.1 Å². The minimum Gasteiger partial charge on any atom is -0.496 e. The first-order valence-electron chi connectivity index (χ1n) is 15.4. The molecule has 10 heteroatoms. The lowest BCUT2D eigenvalue weighted by atomic mass is 9.93. The quantitative estimate of drug-likeness (QED) is 0.169. The number of esters is 1. The molecule has 2 atom stereocenters. The number of H-pyrrole nitrogens is 1. The number of nitrogens with two attached hydrogens (primary N) is 2. The van der Waals surface area contributed by atoms with Crippen LogP contribution in [0, 0.1) is 13.8 Å². The maximum atomic E-state index is 14.0. The largest absolute Gasteiger partial charge is 0.496 e. The van der Waals surface area contributed by atoms with Crippen molar-refractivity contribution >= 4 is 17.8 Å². The fourth-order valence-corrected chi connectivity index (χ4v) is 5.32. The Morgan fingerprint density at radius 1 is 1.02 bits per heavy atom. The number of nitrogens with one attached hydrogen (secondary N) is 1. The number of nitrogens with zero attached hydrogens (tertiary/aromatic N) is 2. The van der Waals surface area contributed by atoms with Crippen molar-refractivity contribution in [3.8, 4) is 17.0 Å². The summed E-state index contributed by atoms with van der Waals surface area (Å²) in [6, 6.07) is 17.7. The lowest BCUT2D eigenvalue weighted by molar-refractivity contribution is -0.133. The normalized spacial score (nSPS) is 12.3. The van der Waals surface area contributed by atoms with Gasteiger partial charge in [0.05, 0.1) is 24.9 Å². The number of aromatic nitrogens is 2. The molecular weight excluding hydrogens is 582 g/mol. The van der Waals surface area contributed by atoms with Gasteiger partial charge in [-0.05, 0) is 80.1 Å². The zero-order valence-electron chi connectivity index (χ0n) is 27.1. The highest BCUT2D eigenvalue weighted by Gasteiger charge is 2.25. The highest BCUT2D eigenvalue weighted by atomic mass is 16.5. The van der Waals surface area contributed by atoms with E-state index in [4.69, 9.17) is 25.9 Å². The van der Waals surface area contributed by atoms with Gasteiger partial charge in [-0.25, -0.2) is 9.78 Å². The van der Waals surface area contributed by atoms with Crippen LogP contribution in [-0.2, 0) is 28.9 Å². The van der Waals surface area contributed by atoms with Crippen LogP contribution in [0.25, 0.3) is 11.3 Å². The van der Waals surface area contributed by atoms with E-state index < -0.39 is 17.9 Å². The maximum absolute atomic E-state index is 14.0. The molecule has 1 aromatic heterocycles. The molecule has 1 heterocycles. The standard InChI is InChI=1S/C36H43N5O5/c1-6-24(4)46-36(44)29-18-25(12-13-32(29)45-5)21-41(15-14-33-39-20-31(40-33)26-10-8-7-9-11-26)35(43)30(37)19-28-22(2)16-27(34(38)42)17-23(28)3/h7-13,16-18,20,24,30H,6,14-15,19,21,37H2,1-5H3,(H2,38,42)(H,39,40)/t24?,30-/m0/s1. The number of primary amides is 1. The number of carbonyl (C=O) groups is 3. The summed E-state index contributed by atoms with van der Waals surface area (Å²) in [7, 11) is 1.50. The second-order valence-corrected chi connectivity index (χ2v) is 11.5. The lowest BCUT2D eigenvalue weighted by Gasteiger charge is -2.27. The number of rotatable bonds is 14. The molecule has 1 unspecified atom stereocenters. The molecule has 0 bridgehead atoms. The van der Waals surface area contributed by atoms with Gasteiger partial charge >= 0.3 is 5.97 Å². The number of amides is 2. The monoisotopic (exact) mass is 625 g/mol. The second-order valence-electron chi connectivity index (χ2n) is 11.5. The molecule has 2 amide bonds. The van der Waals surface area contributed by atoms with Crippen LogP contribution >= 0.6 is 0 Å². The van der Waals surface area contributed by atoms with Crippen LogP contribution in [0.4, 0.5) is 0 Å². The molecule has 0 radical (unpaired) electrons. The number of hydrogen-bond acceptors (Lipinski definition) is 7. The molecule has 0 aliphatic heterocycles. The number of methoxy groups -OCH3 is 1. The van der Waals surface area contributed by atoms with E-state index in [1.54, 1.807) is 29.2 Å². The molecule has 4 aromatic rings. The summed E-state index contributed by atoms with van der Waals surface area (Å²) in [5.41, 5.74) is 17.9. The highest BCUT2D eigenvalue weighted by molar-refractivity contribution is 5.94. The van der Waals surface area contributed by atoms with Crippen LogP contribution in [-0.4, -0.2) is 58.5 Å². The number of imidazole rings is 1. The second kappa shape index (κ2) is 15.4. The summed E-state index contributed by atoms with van der Waals surface area (Å²) < 4.78 is 11.0. The van der Waals surface area contributed by atoms with E-state index in [1.807, 2.05) is 70.3 Å². The summed E-state index contributed by atoms with van der Waals surface area (Å²) in [5.74, 6) is -0.138. The van der Waals surface area contributed by atoms with Crippen LogP contribution in [0.15, 0.2) is 66.9 Å². The summed E-state index contributed by atoms with van der Waals surface area (Å²) in [6.07, 6.45) is 3.00. The van der Waals surface area contributed by atoms with Gasteiger partial charge in [-0.1, -0.05) is 43.3 Å². The zero-order chi connectivity index (χ0) is 33.4. The number of aromatic amines is 1. The first-order chi connectivity index (χ1) is 22.0. The van der Waals surface area contributed by atoms with E-state index in [0.717, 1.165) is 39.3 Å². The van der Waals surface area contributed by atoms with E-state index in [0.29, 0.717) is 30.7 Å². The van der Waals surface area contributed by atoms with Crippen molar-refractivity contribution in [3.05, 3.63) is 106 Å². The number of carbonyl (C=O) groups excluding carboxylic acids is 3. The van der Waals surface area contributed by atoms with Gasteiger partial charge in [0.1, 0.15) is 17.1 Å². The van der Waals surface area contributed by atoms with Crippen molar-refractivity contribution in [3.63, 3.8) is 0 Å². The van der Waals surface area contributed by atoms with Gasteiger partial charge in [-0.15, -0.1) is 0 Å². The fraction of sp³-hybridized carbons (Fsp3) is 0.333. The minimum absolute atomic E-state index is 0.199. The molecule has 0 aliphatic carbocycles. The Bertz CT molecular complexity index is 1660. The number of aryl methyl sites for hydroxylation is 2. The van der Waals surface area contributed by atoms with Gasteiger partial charge in [0.2, 0.25) is 11.8 Å². The topological polar surface area (TPSA) is 154 Å². The van der Waals surface area contributed by atoms with Crippen molar-refractivity contribution in [2.24, 2.45) is 11.5 Å². The van der Waals surface area contributed by atoms with Crippen LogP contribution in [0.5, 0.6) is 5.75 Å². The van der Waals surface area contributed by atoms with Crippen LogP contribution < -0.4 is 16.2 Å². The molecule has 0 fully saturated rings. The molecule has 3 aromatic carbocycles. The third-order valence-electron chi connectivity index (χ3n) is 8.09. The number of hydrogen-bond donors (Lipinski definition) is 3. The van der Waals surface area contributed by atoms with E-state index in [-0.39, 0.29) is 30.5 Å². The van der Waals surface area contributed by atoms with Crippen molar-refractivity contribution in [2.45, 2.75) is 65.6 Å². The van der Waals surface area contributed by atoms with Crippen molar-refractivity contribution in [2.75, 3.05) is 13.7 Å². The van der Waals surface area contributed by atoms with Gasteiger partial charge in [-0.3, -0.25) is 9.59 Å². The molecule has 10 nitrogen and oxygen atoms in total. The van der Waals surface area contributed by atoms with E-state index in [2.05, 4.69) is 4.98 Å². The fourth-order valence-electron chi connectivity index (χ4n) is 5.32. The first-order valence-corrected chi connectivity index (χ1v) is 15.4. The molecule has 4 rings (SSSR count). The third-order valence-corrected chi connectivity index (χ3v) is 8.09. The number of ether oxygens (including phenoxy) is 2. The average Bonchev–Trinajstić information content (AvgIpc) is 3.53. The predicted molar refractivity (Wildman–Crippen MR) is 177 cm³/mol. The Kier molecular flexibility index (Phi) is 11.3. The van der Waals surface area contributed by atoms with Gasteiger partial charge in [-0.2, -0.15) is 0 Å². The Morgan fingerprint density at radius 2 is 1.72 bits per heavy atom. The SMILES string of the molecule is CCC(C)OC(=O)c1cc(CN(CCc2nc(-c3ccccc3)c[nH]2)C(=O)[C@@H](N)Cc2c(C)cc(C(N)=O)cc2C)ccc1OC. The molecule has 0 spiro atoms. The zero-order valence-corrected chi connectivity index (χ0v) is 27.1. The predicted octanol–water partition coefficient (Wildman–Crippen LogP) is 4.90. The van der Waals surface area contributed by atoms with Gasteiger partial charge < -0.3 is 30.8 Å². The molecule has 46 heavy (non-hydrogen) atoms. The van der Waals surface area contributed by atoms with Crippen molar-refractivity contribution < 1.29 is 23.9 Å². The van der Waals surface area contributed by atoms with Gasteiger partial charge in [0.25, 0.3) is 0 Å². The van der Waals surface area contributed by atoms with Crippen LogP contribution in [0.2, 0.25) is 0 Å². The summed E-state index contributed by atoms with van der Waals surface area (Å²) in [4.78, 5) is 48.4. The lowest BCUT2D eigenvalue weighted by Crippen LogP contribution is -2.45. The highest BCUT2D eigenvalue weighted by Crippen LogP contribution is 2.24. The Hall–Kier alpha value is -4.96. The van der Waals surface area contributed by atoms with E-state index in [1.165, 1.54) is 7.11 Å². The summed E-state index contributed by atoms with van der Waals surface area (Å²) in [6.45, 7) is 8.05. The van der Waals surface area contributed by atoms with Crippen molar-refractivity contribution in [1.82, 2.24) is 14.9 Å². The van der Waals surface area contributed by atoms with E-state index in [9.17, 15) is 14.4 Å². The number of benzene rings is 3. The Balaban J connectivity index is 1.60. The molecule has 0 saturated carbocycles. The molecule has 0 aliphatic rings. The summed E-state index contributed by atoms with van der Waals surface area (Å²) in [5, 5.41) is 0. The smallest absolute Gasteiger partial charge is 0.342 e. The Morgan fingerprint density at radius 3 is 2.35 bits per heavy atom. The average molecular weight is 626 g/mol. The van der Waals surface area contributed by atoms with Crippen molar-refractivity contribution in [1.29, 1.82) is 0 Å². The van der Waals surface area contributed by atoms with E-state index >= 15 is 0 Å². The maximum Gasteiger partial charge on any atom is 0.342 e. The first kappa shape index (κ1) is 33.9. The van der Waals surface area contributed by atoms with Gasteiger partial charge in [0, 0.05) is 36.8 Å². The Labute approximate surface area is 270 Å². The van der Waals surface area contributed by atoms with Crippen LogP contribution in [0.3, 0.4) is 0 Å². The summed E-state index contributed by atoms with van der Waals surface area (Å²) >= 11 is 0. The third kappa shape index (κ3) is 8.39.